The van der Waals surface area contributed by atoms with Crippen LogP contribution in [-0.2, 0) is 9.53 Å². The maximum Gasteiger partial charge on any atom is 0.340 e. The number of ether oxygens (including phenoxy) is 3. The molecule has 1 heterocycles. The average molecular weight is 367 g/mol. The predicted octanol–water partition coefficient (Wildman–Crippen LogP) is 2.44. The number of nitrogens with zero attached hydrogens (tertiary/aromatic N) is 2. The van der Waals surface area contributed by atoms with Crippen molar-refractivity contribution in [2.24, 2.45) is 0 Å². The Labute approximate surface area is 155 Å². The molecule has 27 heavy (non-hydrogen) atoms. The molecule has 0 atom stereocenters. The summed E-state index contributed by atoms with van der Waals surface area (Å²) in [6.07, 6.45) is 3.02. The van der Waals surface area contributed by atoms with Gasteiger partial charge < -0.3 is 19.5 Å². The van der Waals surface area contributed by atoms with E-state index < -0.39 is 18.5 Å². The predicted molar refractivity (Wildman–Crippen MR) is 98.0 cm³/mol. The van der Waals surface area contributed by atoms with Gasteiger partial charge in [0.1, 0.15) is 17.0 Å². The van der Waals surface area contributed by atoms with E-state index in [1.54, 1.807) is 36.4 Å². The summed E-state index contributed by atoms with van der Waals surface area (Å²) in [7, 11) is 3.00. The van der Waals surface area contributed by atoms with Gasteiger partial charge in [-0.15, -0.1) is 0 Å². The summed E-state index contributed by atoms with van der Waals surface area (Å²) in [5.74, 6) is -0.160. The van der Waals surface area contributed by atoms with Gasteiger partial charge in [0.05, 0.1) is 31.0 Å². The van der Waals surface area contributed by atoms with Crippen molar-refractivity contribution in [2.75, 3.05) is 26.1 Å². The highest BCUT2D eigenvalue weighted by atomic mass is 16.5. The highest BCUT2D eigenvalue weighted by molar-refractivity contribution is 6.03. The highest BCUT2D eigenvalue weighted by Crippen LogP contribution is 2.28. The fraction of sp³-hybridized carbons (Fsp3) is 0.158. The van der Waals surface area contributed by atoms with Crippen LogP contribution < -0.4 is 14.8 Å². The number of rotatable bonds is 6. The Morgan fingerprint density at radius 3 is 2.63 bits per heavy atom. The van der Waals surface area contributed by atoms with Crippen LogP contribution in [0.1, 0.15) is 10.4 Å². The number of carbonyl (C=O) groups excluding carboxylic acids is 2. The summed E-state index contributed by atoms with van der Waals surface area (Å²) < 4.78 is 15.4. The molecule has 0 aliphatic heterocycles. The van der Waals surface area contributed by atoms with Gasteiger partial charge in [0, 0.05) is 18.5 Å². The maximum absolute atomic E-state index is 12.3. The molecule has 8 nitrogen and oxygen atoms in total. The molecule has 1 amide bonds. The Hall–Kier alpha value is -3.68. The van der Waals surface area contributed by atoms with Crippen molar-refractivity contribution in [3.63, 3.8) is 0 Å². The molecule has 0 unspecified atom stereocenters. The molecule has 1 N–H and O–H groups in total. The molecule has 3 rings (SSSR count). The third kappa shape index (κ3) is 4.12. The third-order valence-electron chi connectivity index (χ3n) is 3.73. The first kappa shape index (κ1) is 18.1. The van der Waals surface area contributed by atoms with Gasteiger partial charge in [-0.1, -0.05) is 6.07 Å². The zero-order chi connectivity index (χ0) is 19.2. The van der Waals surface area contributed by atoms with Crippen LogP contribution in [0.25, 0.3) is 11.0 Å². The molecular formula is C19H17N3O5. The van der Waals surface area contributed by atoms with E-state index in [2.05, 4.69) is 15.3 Å². The Morgan fingerprint density at radius 2 is 1.85 bits per heavy atom. The lowest BCUT2D eigenvalue weighted by molar-refractivity contribution is -0.119. The first-order valence-electron chi connectivity index (χ1n) is 8.01. The Morgan fingerprint density at radius 1 is 1.04 bits per heavy atom. The molecule has 138 valence electrons. The van der Waals surface area contributed by atoms with E-state index in [4.69, 9.17) is 14.2 Å². The zero-order valence-corrected chi connectivity index (χ0v) is 14.8. The first-order chi connectivity index (χ1) is 13.1. The van der Waals surface area contributed by atoms with E-state index in [-0.39, 0.29) is 5.56 Å². The molecule has 0 aliphatic carbocycles. The van der Waals surface area contributed by atoms with Crippen molar-refractivity contribution in [1.29, 1.82) is 0 Å². The number of esters is 1. The molecule has 0 saturated heterocycles. The summed E-state index contributed by atoms with van der Waals surface area (Å²) in [6.45, 7) is -0.462. The van der Waals surface area contributed by atoms with Gasteiger partial charge in [0.15, 0.2) is 6.61 Å². The second kappa shape index (κ2) is 8.13. The lowest BCUT2D eigenvalue weighted by Gasteiger charge is -2.12. The number of methoxy groups -OCH3 is 2. The van der Waals surface area contributed by atoms with Gasteiger partial charge in [-0.05, 0) is 24.3 Å². The molecule has 0 aliphatic rings. The number of anilines is 1. The zero-order valence-electron chi connectivity index (χ0n) is 14.8. The highest BCUT2D eigenvalue weighted by Gasteiger charge is 2.16. The molecule has 0 bridgehead atoms. The van der Waals surface area contributed by atoms with Crippen LogP contribution >= 0.6 is 0 Å². The van der Waals surface area contributed by atoms with Crippen molar-refractivity contribution in [3.05, 3.63) is 54.4 Å². The average Bonchev–Trinajstić information content (AvgIpc) is 2.71. The monoisotopic (exact) mass is 367 g/mol. The minimum atomic E-state index is -0.658. The quantitative estimate of drug-likeness (QED) is 0.668. The van der Waals surface area contributed by atoms with Gasteiger partial charge in [0.25, 0.3) is 5.91 Å². The van der Waals surface area contributed by atoms with Crippen LogP contribution in [0.5, 0.6) is 11.5 Å². The number of para-hydroxylation sites is 1. The van der Waals surface area contributed by atoms with Crippen LogP contribution in [0.2, 0.25) is 0 Å². The summed E-state index contributed by atoms with van der Waals surface area (Å²) in [5, 5.41) is 2.63. The van der Waals surface area contributed by atoms with Crippen molar-refractivity contribution >= 4 is 28.6 Å². The summed E-state index contributed by atoms with van der Waals surface area (Å²) in [5.41, 5.74) is 1.64. The van der Waals surface area contributed by atoms with Crippen LogP contribution in [-0.4, -0.2) is 42.7 Å². The number of nitrogens with one attached hydrogen (secondary N) is 1. The van der Waals surface area contributed by atoms with Gasteiger partial charge in [-0.25, -0.2) is 4.79 Å². The fourth-order valence-corrected chi connectivity index (χ4v) is 2.46. The maximum atomic E-state index is 12.3. The number of carbonyl (C=O) groups is 2. The number of hydrogen-bond donors (Lipinski definition) is 1. The SMILES string of the molecule is COc1ccc(OC)c(NC(=O)COC(=O)c2cccc3nccnc23)c1. The van der Waals surface area contributed by atoms with Crippen LogP contribution in [0, 0.1) is 0 Å². The molecular weight excluding hydrogens is 350 g/mol. The number of fused-ring (bicyclic) bond motifs is 1. The first-order valence-corrected chi connectivity index (χ1v) is 8.01. The van der Waals surface area contributed by atoms with E-state index in [0.29, 0.717) is 28.2 Å². The molecule has 1 aromatic heterocycles. The fourth-order valence-electron chi connectivity index (χ4n) is 2.46. The van der Waals surface area contributed by atoms with Crippen molar-refractivity contribution in [2.45, 2.75) is 0 Å². The Balaban J connectivity index is 1.68. The molecule has 8 heteroatoms. The minimum Gasteiger partial charge on any atom is -0.497 e. The molecule has 0 spiro atoms. The van der Waals surface area contributed by atoms with Gasteiger partial charge in [-0.2, -0.15) is 0 Å². The van der Waals surface area contributed by atoms with Crippen LogP contribution in [0.4, 0.5) is 5.69 Å². The smallest absolute Gasteiger partial charge is 0.340 e. The van der Waals surface area contributed by atoms with Gasteiger partial charge in [0.2, 0.25) is 0 Å². The second-order valence-electron chi connectivity index (χ2n) is 5.42. The third-order valence-corrected chi connectivity index (χ3v) is 3.73. The number of hydrogen-bond acceptors (Lipinski definition) is 7. The number of aromatic nitrogens is 2. The van der Waals surface area contributed by atoms with Crippen molar-refractivity contribution in [3.8, 4) is 11.5 Å². The Bertz CT molecular complexity index is 985. The summed E-state index contributed by atoms with van der Waals surface area (Å²) in [6, 6.07) is 9.96. The van der Waals surface area contributed by atoms with Crippen LogP contribution in [0.15, 0.2) is 48.8 Å². The van der Waals surface area contributed by atoms with Crippen molar-refractivity contribution in [1.82, 2.24) is 9.97 Å². The Kier molecular flexibility index (Phi) is 5.46. The summed E-state index contributed by atoms with van der Waals surface area (Å²) >= 11 is 0. The van der Waals surface area contributed by atoms with E-state index in [1.165, 1.54) is 26.6 Å². The van der Waals surface area contributed by atoms with Crippen LogP contribution in [0.3, 0.4) is 0 Å². The number of benzene rings is 2. The normalized spacial score (nSPS) is 10.3. The van der Waals surface area contributed by atoms with Gasteiger partial charge in [-0.3, -0.25) is 14.8 Å². The van der Waals surface area contributed by atoms with E-state index in [1.807, 2.05) is 0 Å². The number of amides is 1. The largest absolute Gasteiger partial charge is 0.497 e. The minimum absolute atomic E-state index is 0.243. The van der Waals surface area contributed by atoms with E-state index >= 15 is 0 Å². The van der Waals surface area contributed by atoms with Gasteiger partial charge >= 0.3 is 5.97 Å². The van der Waals surface area contributed by atoms with E-state index in [9.17, 15) is 9.59 Å². The van der Waals surface area contributed by atoms with E-state index in [0.717, 1.165) is 0 Å². The molecule has 0 saturated carbocycles. The molecule has 0 radical (unpaired) electrons. The molecule has 0 fully saturated rings. The molecule has 2 aromatic carbocycles. The lowest BCUT2D eigenvalue weighted by atomic mass is 10.2. The topological polar surface area (TPSA) is 99.6 Å². The standard InChI is InChI=1S/C19H17N3O5/c1-25-12-6-7-16(26-2)15(10-12)22-17(23)11-27-19(24)13-4-3-5-14-18(13)21-9-8-20-14/h3-10H,11H2,1-2H3,(H,22,23). The lowest BCUT2D eigenvalue weighted by Crippen LogP contribution is -2.21. The summed E-state index contributed by atoms with van der Waals surface area (Å²) in [4.78, 5) is 32.8. The van der Waals surface area contributed by atoms with Crippen molar-refractivity contribution < 1.29 is 23.8 Å². The second-order valence-corrected chi connectivity index (χ2v) is 5.42. The molecule has 3 aromatic rings.